The van der Waals surface area contributed by atoms with E-state index in [2.05, 4.69) is 20.0 Å². The predicted octanol–water partition coefficient (Wildman–Crippen LogP) is 2.09. The maximum absolute atomic E-state index is 13.3. The Morgan fingerprint density at radius 1 is 1.44 bits per heavy atom. The monoisotopic (exact) mass is 448 g/mol. The van der Waals surface area contributed by atoms with Gasteiger partial charge in [-0.1, -0.05) is 0 Å². The largest absolute Gasteiger partial charge is 0.452 e. The SMILES string of the molecule is Cc1cc(C#N)cnc1C(=O)Nc1cc([C@]2(C)C[C@@H](C(F)(F)F)OC(N)=N2)c(=O)n(C)c1. The summed E-state index contributed by atoms with van der Waals surface area (Å²) in [7, 11) is 1.39. The molecule has 3 heterocycles. The number of anilines is 1. The number of nitrogens with zero attached hydrogens (tertiary/aromatic N) is 4. The molecule has 2 atom stereocenters. The van der Waals surface area contributed by atoms with Gasteiger partial charge < -0.3 is 20.4 Å². The Morgan fingerprint density at radius 3 is 2.72 bits per heavy atom. The van der Waals surface area contributed by atoms with Crippen LogP contribution in [0.25, 0.3) is 0 Å². The predicted molar refractivity (Wildman–Crippen MR) is 108 cm³/mol. The van der Waals surface area contributed by atoms with Crippen molar-refractivity contribution in [3.05, 3.63) is 57.3 Å². The molecule has 9 nitrogen and oxygen atoms in total. The summed E-state index contributed by atoms with van der Waals surface area (Å²) in [4.78, 5) is 33.4. The van der Waals surface area contributed by atoms with E-state index in [0.29, 0.717) is 5.56 Å². The molecule has 168 valence electrons. The Bertz CT molecular complexity index is 1210. The van der Waals surface area contributed by atoms with Crippen molar-refractivity contribution in [3.8, 4) is 6.07 Å². The van der Waals surface area contributed by atoms with Crippen LogP contribution in [0, 0.1) is 18.3 Å². The summed E-state index contributed by atoms with van der Waals surface area (Å²) in [5, 5.41) is 11.5. The van der Waals surface area contributed by atoms with Crippen LogP contribution in [0.4, 0.5) is 18.9 Å². The molecule has 1 amide bonds. The van der Waals surface area contributed by atoms with Crippen LogP contribution in [-0.2, 0) is 17.3 Å². The summed E-state index contributed by atoms with van der Waals surface area (Å²) < 4.78 is 45.6. The summed E-state index contributed by atoms with van der Waals surface area (Å²) in [6.07, 6.45) is -5.05. The molecule has 0 saturated carbocycles. The first-order valence-electron chi connectivity index (χ1n) is 9.32. The number of aliphatic imine (C=N–C) groups is 1. The van der Waals surface area contributed by atoms with Crippen molar-refractivity contribution in [2.75, 3.05) is 5.32 Å². The number of carbonyl (C=O) groups is 1. The Hall–Kier alpha value is -3.88. The first kappa shape index (κ1) is 22.8. The third kappa shape index (κ3) is 4.41. The Morgan fingerprint density at radius 2 is 2.12 bits per heavy atom. The van der Waals surface area contributed by atoms with Crippen molar-refractivity contribution < 1.29 is 22.7 Å². The summed E-state index contributed by atoms with van der Waals surface area (Å²) in [5.74, 6) is -0.620. The second-order valence-corrected chi connectivity index (χ2v) is 7.59. The lowest BCUT2D eigenvalue weighted by Crippen LogP contribution is -2.47. The molecule has 0 aliphatic carbocycles. The Balaban J connectivity index is 2.00. The number of carbonyl (C=O) groups excluding carboxylic acids is 1. The number of nitriles is 1. The van der Waals surface area contributed by atoms with Crippen molar-refractivity contribution in [3.63, 3.8) is 0 Å². The van der Waals surface area contributed by atoms with E-state index in [1.807, 2.05) is 6.07 Å². The molecule has 3 rings (SSSR count). The van der Waals surface area contributed by atoms with Gasteiger partial charge in [-0.15, -0.1) is 0 Å². The van der Waals surface area contributed by atoms with E-state index in [4.69, 9.17) is 11.0 Å². The minimum Gasteiger partial charge on any atom is -0.452 e. The molecular formula is C20H19F3N6O3. The standard InChI is InChI=1S/C20H19F3N6O3/c1-10-4-11(7-24)8-26-15(10)16(30)27-12-5-13(17(31)29(3)9-12)19(2)6-14(20(21,22)23)32-18(25)28-19/h4-5,8-9,14H,6H2,1-3H3,(H2,25,28)(H,27,30)/t14-,19-/m0/s1. The number of amides is 1. The maximum Gasteiger partial charge on any atom is 0.425 e. The molecule has 0 spiro atoms. The van der Waals surface area contributed by atoms with E-state index in [1.165, 1.54) is 38.5 Å². The lowest BCUT2D eigenvalue weighted by Gasteiger charge is -2.35. The number of ether oxygens (including phenoxy) is 1. The summed E-state index contributed by atoms with van der Waals surface area (Å²) >= 11 is 0. The van der Waals surface area contributed by atoms with Crippen LogP contribution >= 0.6 is 0 Å². The van der Waals surface area contributed by atoms with E-state index in [9.17, 15) is 22.8 Å². The van der Waals surface area contributed by atoms with Gasteiger partial charge in [-0.3, -0.25) is 9.59 Å². The quantitative estimate of drug-likeness (QED) is 0.738. The molecule has 3 N–H and O–H groups in total. The van der Waals surface area contributed by atoms with E-state index >= 15 is 0 Å². The highest BCUT2D eigenvalue weighted by atomic mass is 19.4. The summed E-state index contributed by atoms with van der Waals surface area (Å²) in [6.45, 7) is 2.95. The molecule has 0 fully saturated rings. The van der Waals surface area contributed by atoms with Gasteiger partial charge in [0.25, 0.3) is 17.5 Å². The Labute approximate surface area is 180 Å². The summed E-state index contributed by atoms with van der Waals surface area (Å²) in [5.41, 5.74) is 4.07. The molecule has 2 aromatic rings. The van der Waals surface area contributed by atoms with Gasteiger partial charge >= 0.3 is 6.18 Å². The number of hydrogen-bond acceptors (Lipinski definition) is 7. The van der Waals surface area contributed by atoms with Gasteiger partial charge in [0, 0.05) is 31.4 Å². The zero-order valence-electron chi connectivity index (χ0n) is 17.3. The van der Waals surface area contributed by atoms with Crippen LogP contribution in [0.15, 0.2) is 34.3 Å². The lowest BCUT2D eigenvalue weighted by atomic mass is 9.86. The number of aryl methyl sites for hydroxylation is 2. The number of hydrogen-bond donors (Lipinski definition) is 2. The van der Waals surface area contributed by atoms with Gasteiger partial charge in [-0.2, -0.15) is 18.4 Å². The van der Waals surface area contributed by atoms with Crippen LogP contribution in [-0.4, -0.2) is 33.8 Å². The minimum absolute atomic E-state index is 0.0519. The fraction of sp³-hybridized carbons (Fsp3) is 0.350. The van der Waals surface area contributed by atoms with Crippen molar-refractivity contribution in [2.24, 2.45) is 17.8 Å². The molecule has 0 saturated heterocycles. The van der Waals surface area contributed by atoms with Gasteiger partial charge in [-0.25, -0.2) is 9.98 Å². The van der Waals surface area contributed by atoms with Crippen LogP contribution in [0.1, 0.15) is 40.5 Å². The Kier molecular flexibility index (Phi) is 5.69. The van der Waals surface area contributed by atoms with Crippen LogP contribution in [0.5, 0.6) is 0 Å². The number of alkyl halides is 3. The third-order valence-corrected chi connectivity index (χ3v) is 5.01. The average molecular weight is 448 g/mol. The topological polar surface area (TPSA) is 135 Å². The van der Waals surface area contributed by atoms with Crippen molar-refractivity contribution >= 4 is 17.6 Å². The van der Waals surface area contributed by atoms with E-state index in [0.717, 1.165) is 4.57 Å². The van der Waals surface area contributed by atoms with E-state index < -0.39 is 41.7 Å². The van der Waals surface area contributed by atoms with E-state index in [-0.39, 0.29) is 22.5 Å². The normalized spacial score (nSPS) is 20.7. The number of halogens is 3. The molecule has 1 aliphatic rings. The highest BCUT2D eigenvalue weighted by Gasteiger charge is 2.50. The zero-order chi connectivity index (χ0) is 23.8. The number of pyridine rings is 2. The fourth-order valence-electron chi connectivity index (χ4n) is 3.45. The van der Waals surface area contributed by atoms with Crippen molar-refractivity contribution in [1.82, 2.24) is 9.55 Å². The smallest absolute Gasteiger partial charge is 0.425 e. The molecule has 0 aromatic carbocycles. The van der Waals surface area contributed by atoms with Gasteiger partial charge in [0.2, 0.25) is 0 Å². The van der Waals surface area contributed by atoms with Crippen LogP contribution in [0.2, 0.25) is 0 Å². The molecule has 0 bridgehead atoms. The van der Waals surface area contributed by atoms with Crippen LogP contribution < -0.4 is 16.6 Å². The van der Waals surface area contributed by atoms with Gasteiger partial charge in [0.15, 0.2) is 6.10 Å². The number of amidine groups is 1. The second kappa shape index (κ2) is 7.99. The van der Waals surface area contributed by atoms with Crippen molar-refractivity contribution in [1.29, 1.82) is 5.26 Å². The van der Waals surface area contributed by atoms with Crippen molar-refractivity contribution in [2.45, 2.75) is 38.1 Å². The number of nitrogens with one attached hydrogen (secondary N) is 1. The molecule has 12 heteroatoms. The lowest BCUT2D eigenvalue weighted by molar-refractivity contribution is -0.208. The summed E-state index contributed by atoms with van der Waals surface area (Å²) in [6, 6.07) is 3.98. The number of aromatic nitrogens is 2. The molecule has 0 unspecified atom stereocenters. The zero-order valence-corrected chi connectivity index (χ0v) is 17.3. The molecular weight excluding hydrogens is 429 g/mol. The molecule has 1 aliphatic heterocycles. The maximum atomic E-state index is 13.3. The third-order valence-electron chi connectivity index (χ3n) is 5.01. The first-order chi connectivity index (χ1) is 14.8. The minimum atomic E-state index is -4.71. The second-order valence-electron chi connectivity index (χ2n) is 7.59. The molecule has 0 radical (unpaired) electrons. The van der Waals surface area contributed by atoms with Gasteiger partial charge in [0.05, 0.1) is 16.8 Å². The van der Waals surface area contributed by atoms with E-state index in [1.54, 1.807) is 6.92 Å². The number of nitrogens with two attached hydrogens (primary N) is 1. The van der Waals surface area contributed by atoms with Crippen LogP contribution in [0.3, 0.4) is 0 Å². The molecule has 32 heavy (non-hydrogen) atoms. The van der Waals surface area contributed by atoms with Gasteiger partial charge in [-0.05, 0) is 31.5 Å². The van der Waals surface area contributed by atoms with Gasteiger partial charge in [0.1, 0.15) is 11.8 Å². The average Bonchev–Trinajstić information content (AvgIpc) is 2.68. The number of rotatable bonds is 3. The fourth-order valence-corrected chi connectivity index (χ4v) is 3.45. The highest BCUT2D eigenvalue weighted by Crippen LogP contribution is 2.39. The highest BCUT2D eigenvalue weighted by molar-refractivity contribution is 6.03. The molecule has 2 aromatic heterocycles. The first-order valence-corrected chi connectivity index (χ1v) is 9.32.